The first-order chi connectivity index (χ1) is 5.17. The molecule has 0 aliphatic carbocycles. The lowest BCUT2D eigenvalue weighted by atomic mass is 10.2. The fraction of sp³-hybridized carbons (Fsp3) is 0.125. The highest BCUT2D eigenvalue weighted by Gasteiger charge is 2.21. The van der Waals surface area contributed by atoms with Crippen LogP contribution in [0.2, 0.25) is 0 Å². The Balaban J connectivity index is 3.02. The number of hydrogen-bond donors (Lipinski definition) is 0. The third-order valence-corrected chi connectivity index (χ3v) is 2.57. The third-order valence-electron chi connectivity index (χ3n) is 1.31. The van der Waals surface area contributed by atoms with Crippen molar-refractivity contribution in [1.82, 2.24) is 0 Å². The van der Waals surface area contributed by atoms with Gasteiger partial charge in [-0.15, -0.1) is 0 Å². The Labute approximate surface area is 81.1 Å². The predicted molar refractivity (Wildman–Crippen MR) is 53.5 cm³/mol. The van der Waals surface area contributed by atoms with E-state index in [4.69, 9.17) is 23.2 Å². The average Bonchev–Trinajstić information content (AvgIpc) is 2.06. The molecular formula is C8H6Cl2S. The van der Waals surface area contributed by atoms with Crippen LogP contribution in [0, 0.1) is 0 Å². The molecule has 0 radical (unpaired) electrons. The van der Waals surface area contributed by atoms with Crippen LogP contribution in [0.25, 0.3) is 0 Å². The zero-order valence-corrected chi connectivity index (χ0v) is 7.96. The Morgan fingerprint density at radius 3 is 2.18 bits per heavy atom. The van der Waals surface area contributed by atoms with Crippen molar-refractivity contribution >= 4 is 40.8 Å². The molecule has 0 heterocycles. The zero-order valence-electron chi connectivity index (χ0n) is 5.63. The molecule has 0 saturated carbocycles. The average molecular weight is 205 g/mol. The van der Waals surface area contributed by atoms with Crippen molar-refractivity contribution in [1.29, 1.82) is 0 Å². The molecule has 0 N–H and O–H groups in total. The summed E-state index contributed by atoms with van der Waals surface area (Å²) < 4.78 is -1.03. The summed E-state index contributed by atoms with van der Waals surface area (Å²) in [4.78, 5) is 0. The Bertz CT molecular complexity index is 244. The summed E-state index contributed by atoms with van der Waals surface area (Å²) in [7, 11) is 0. The Morgan fingerprint density at radius 1 is 1.18 bits per heavy atom. The summed E-state index contributed by atoms with van der Waals surface area (Å²) in [6.07, 6.45) is 0. The molecule has 0 spiro atoms. The van der Waals surface area contributed by atoms with Crippen molar-refractivity contribution < 1.29 is 0 Å². The zero-order chi connectivity index (χ0) is 8.32. The van der Waals surface area contributed by atoms with E-state index < -0.39 is 4.33 Å². The maximum Gasteiger partial charge on any atom is 0.171 e. The number of thiocarbonyl (C=S) groups is 1. The fourth-order valence-corrected chi connectivity index (χ4v) is 1.12. The van der Waals surface area contributed by atoms with Crippen molar-refractivity contribution in [3.63, 3.8) is 0 Å². The highest BCUT2D eigenvalue weighted by Crippen LogP contribution is 2.31. The number of hydrogen-bond acceptors (Lipinski definition) is 1. The molecule has 11 heavy (non-hydrogen) atoms. The minimum absolute atomic E-state index is 0.804. The molecule has 0 fully saturated rings. The van der Waals surface area contributed by atoms with Crippen molar-refractivity contribution in [2.24, 2.45) is 0 Å². The number of halogens is 2. The standard InChI is InChI=1S/C8H6Cl2S/c9-8(10,6-11)7-4-2-1-3-5-7/h1-6H. The first-order valence-electron chi connectivity index (χ1n) is 3.06. The lowest BCUT2D eigenvalue weighted by Crippen LogP contribution is -2.09. The minimum Gasteiger partial charge on any atom is -0.0907 e. The molecule has 0 aromatic heterocycles. The third kappa shape index (κ3) is 2.16. The van der Waals surface area contributed by atoms with E-state index in [0.29, 0.717) is 0 Å². The molecule has 0 aliphatic heterocycles. The molecule has 0 aliphatic rings. The topological polar surface area (TPSA) is 0 Å². The largest absolute Gasteiger partial charge is 0.171 e. The van der Waals surface area contributed by atoms with Crippen LogP contribution in [0.15, 0.2) is 30.3 Å². The van der Waals surface area contributed by atoms with Gasteiger partial charge in [-0.05, 0) is 5.56 Å². The maximum atomic E-state index is 5.85. The van der Waals surface area contributed by atoms with Crippen molar-refractivity contribution in [3.05, 3.63) is 35.9 Å². The van der Waals surface area contributed by atoms with Gasteiger partial charge in [0.15, 0.2) is 4.33 Å². The normalized spacial score (nSPS) is 11.1. The Morgan fingerprint density at radius 2 is 1.73 bits per heavy atom. The molecule has 1 aromatic carbocycles. The molecule has 1 aromatic rings. The van der Waals surface area contributed by atoms with Gasteiger partial charge in [0.25, 0.3) is 0 Å². The van der Waals surface area contributed by atoms with Crippen molar-refractivity contribution in [2.45, 2.75) is 4.33 Å². The van der Waals surface area contributed by atoms with Crippen molar-refractivity contribution in [3.8, 4) is 0 Å². The highest BCUT2D eigenvalue weighted by molar-refractivity contribution is 7.79. The van der Waals surface area contributed by atoms with Gasteiger partial charge < -0.3 is 0 Å². The summed E-state index contributed by atoms with van der Waals surface area (Å²) in [6.45, 7) is 0. The Hall–Kier alpha value is -0.110. The smallest absolute Gasteiger partial charge is 0.0907 e. The quantitative estimate of drug-likeness (QED) is 0.527. The van der Waals surface area contributed by atoms with Crippen LogP contribution in [0.4, 0.5) is 0 Å². The van der Waals surface area contributed by atoms with Crippen LogP contribution in [-0.2, 0) is 4.33 Å². The Kier molecular flexibility index (Phi) is 2.88. The molecule has 0 atom stereocenters. The van der Waals surface area contributed by atoms with Crippen LogP contribution in [0.3, 0.4) is 0 Å². The molecule has 0 saturated heterocycles. The van der Waals surface area contributed by atoms with E-state index in [-0.39, 0.29) is 0 Å². The van der Waals surface area contributed by atoms with E-state index in [1.54, 1.807) is 0 Å². The second kappa shape index (κ2) is 3.53. The van der Waals surface area contributed by atoms with Gasteiger partial charge in [0, 0.05) is 5.37 Å². The van der Waals surface area contributed by atoms with Crippen LogP contribution >= 0.6 is 35.4 Å². The van der Waals surface area contributed by atoms with E-state index in [1.165, 1.54) is 5.37 Å². The first kappa shape index (κ1) is 8.98. The highest BCUT2D eigenvalue weighted by atomic mass is 35.5. The minimum atomic E-state index is -1.03. The maximum absolute atomic E-state index is 5.85. The first-order valence-corrected chi connectivity index (χ1v) is 4.29. The lowest BCUT2D eigenvalue weighted by molar-refractivity contribution is 1.21. The van der Waals surface area contributed by atoms with Gasteiger partial charge in [0.05, 0.1) is 0 Å². The predicted octanol–water partition coefficient (Wildman–Crippen LogP) is 3.32. The molecular weight excluding hydrogens is 199 g/mol. The monoisotopic (exact) mass is 204 g/mol. The SMILES string of the molecule is S=CC(Cl)(Cl)c1ccccc1. The number of rotatable bonds is 2. The van der Waals surface area contributed by atoms with Crippen molar-refractivity contribution in [2.75, 3.05) is 0 Å². The van der Waals surface area contributed by atoms with E-state index in [0.717, 1.165) is 5.56 Å². The summed E-state index contributed by atoms with van der Waals surface area (Å²) in [5.41, 5.74) is 0.804. The fourth-order valence-electron chi connectivity index (χ4n) is 0.728. The van der Waals surface area contributed by atoms with Gasteiger partial charge in [-0.2, -0.15) is 0 Å². The summed E-state index contributed by atoms with van der Waals surface area (Å²) in [5, 5.41) is 1.34. The second-order valence-corrected chi connectivity index (χ2v) is 3.73. The summed E-state index contributed by atoms with van der Waals surface area (Å²) in [6, 6.07) is 9.31. The van der Waals surface area contributed by atoms with Crippen LogP contribution in [0.1, 0.15) is 5.56 Å². The van der Waals surface area contributed by atoms with E-state index in [9.17, 15) is 0 Å². The molecule has 0 bridgehead atoms. The molecule has 58 valence electrons. The van der Waals surface area contributed by atoms with E-state index in [2.05, 4.69) is 12.2 Å². The molecule has 1 rings (SSSR count). The summed E-state index contributed by atoms with van der Waals surface area (Å²) >= 11 is 16.4. The lowest BCUT2D eigenvalue weighted by Gasteiger charge is -2.12. The van der Waals surface area contributed by atoms with E-state index >= 15 is 0 Å². The van der Waals surface area contributed by atoms with Crippen LogP contribution in [0.5, 0.6) is 0 Å². The molecule has 0 amide bonds. The van der Waals surface area contributed by atoms with E-state index in [1.807, 2.05) is 30.3 Å². The van der Waals surface area contributed by atoms with Gasteiger partial charge >= 0.3 is 0 Å². The number of benzene rings is 1. The second-order valence-electron chi connectivity index (χ2n) is 2.11. The van der Waals surface area contributed by atoms with Gasteiger partial charge in [-0.3, -0.25) is 0 Å². The van der Waals surface area contributed by atoms with Gasteiger partial charge in [-0.1, -0.05) is 65.8 Å². The van der Waals surface area contributed by atoms with Gasteiger partial charge in [0.1, 0.15) is 0 Å². The van der Waals surface area contributed by atoms with Gasteiger partial charge in [0.2, 0.25) is 0 Å². The summed E-state index contributed by atoms with van der Waals surface area (Å²) in [5.74, 6) is 0. The molecule has 0 unspecified atom stereocenters. The molecule has 0 nitrogen and oxygen atoms in total. The molecule has 3 heteroatoms. The van der Waals surface area contributed by atoms with Crippen LogP contribution < -0.4 is 0 Å². The number of alkyl halides is 2. The van der Waals surface area contributed by atoms with Gasteiger partial charge in [-0.25, -0.2) is 0 Å². The van der Waals surface area contributed by atoms with Crippen LogP contribution in [-0.4, -0.2) is 5.37 Å².